The molecule has 0 saturated heterocycles. The number of likely N-dealkylation sites (N-methyl/N-ethyl adjacent to an activating group) is 1. The predicted molar refractivity (Wildman–Crippen MR) is 117 cm³/mol. The van der Waals surface area contributed by atoms with Gasteiger partial charge in [0.25, 0.3) is 0 Å². The highest BCUT2D eigenvalue weighted by molar-refractivity contribution is 5.99. The molecule has 0 fully saturated rings. The van der Waals surface area contributed by atoms with Gasteiger partial charge in [-0.1, -0.05) is 6.07 Å². The Bertz CT molecular complexity index is 903. The molecule has 2 aromatic carbocycles. The molecule has 2 aromatic rings. The van der Waals surface area contributed by atoms with Crippen LogP contribution in [0.4, 0.5) is 5.69 Å². The average Bonchev–Trinajstić information content (AvgIpc) is 2.71. The molecule has 0 saturated carbocycles. The Labute approximate surface area is 182 Å². The molecular weight excluding hydrogens is 400 g/mol. The normalized spacial score (nSPS) is 10.5. The van der Waals surface area contributed by atoms with Gasteiger partial charge in [-0.3, -0.25) is 9.69 Å². The van der Waals surface area contributed by atoms with Crippen molar-refractivity contribution in [1.29, 1.82) is 0 Å². The number of rotatable bonds is 9. The van der Waals surface area contributed by atoms with Crippen LogP contribution in [0.2, 0.25) is 0 Å². The van der Waals surface area contributed by atoms with E-state index in [1.54, 1.807) is 7.05 Å². The standard InChI is InChI=1S/C23H28N2O6/c1-15-8-16(2)10-20(9-15)31-7-6-25(3)14-21(26)24-19-12-17(22(27)29-4)11-18(13-19)23(28)30-5/h8-13H,6-7,14H2,1-5H3,(H,24,26). The Morgan fingerprint density at radius 1 is 0.871 bits per heavy atom. The number of carbonyl (C=O) groups excluding carboxylic acids is 3. The van der Waals surface area contributed by atoms with Crippen molar-refractivity contribution in [2.45, 2.75) is 13.8 Å². The van der Waals surface area contributed by atoms with E-state index in [1.165, 1.54) is 32.4 Å². The fraction of sp³-hybridized carbons (Fsp3) is 0.348. The van der Waals surface area contributed by atoms with Crippen molar-refractivity contribution in [2.75, 3.05) is 46.3 Å². The predicted octanol–water partition coefficient (Wildman–Crippen LogP) is 2.83. The zero-order chi connectivity index (χ0) is 23.0. The van der Waals surface area contributed by atoms with Gasteiger partial charge in [-0.25, -0.2) is 9.59 Å². The minimum Gasteiger partial charge on any atom is -0.492 e. The molecule has 0 bridgehead atoms. The molecule has 0 aliphatic heterocycles. The number of benzene rings is 2. The third-order valence-corrected chi connectivity index (χ3v) is 4.41. The summed E-state index contributed by atoms with van der Waals surface area (Å²) >= 11 is 0. The molecule has 166 valence electrons. The van der Waals surface area contributed by atoms with E-state index in [9.17, 15) is 14.4 Å². The molecule has 0 heterocycles. The SMILES string of the molecule is COC(=O)c1cc(NC(=O)CN(C)CCOc2cc(C)cc(C)c2)cc(C(=O)OC)c1. The van der Waals surface area contributed by atoms with Crippen LogP contribution in [0.1, 0.15) is 31.8 Å². The van der Waals surface area contributed by atoms with Crippen molar-refractivity contribution < 1.29 is 28.6 Å². The van der Waals surface area contributed by atoms with E-state index in [0.29, 0.717) is 18.8 Å². The maximum Gasteiger partial charge on any atom is 0.337 e. The van der Waals surface area contributed by atoms with Gasteiger partial charge >= 0.3 is 11.9 Å². The highest BCUT2D eigenvalue weighted by Crippen LogP contribution is 2.18. The lowest BCUT2D eigenvalue weighted by molar-refractivity contribution is -0.117. The first kappa shape index (κ1) is 23.9. The molecule has 2 rings (SSSR count). The van der Waals surface area contributed by atoms with Crippen LogP contribution in [0, 0.1) is 13.8 Å². The van der Waals surface area contributed by atoms with Crippen LogP contribution >= 0.6 is 0 Å². The molecule has 0 atom stereocenters. The average molecular weight is 428 g/mol. The van der Waals surface area contributed by atoms with E-state index in [0.717, 1.165) is 16.9 Å². The second kappa shape index (κ2) is 11.1. The zero-order valence-electron chi connectivity index (χ0n) is 18.5. The minimum absolute atomic E-state index is 0.103. The maximum atomic E-state index is 12.4. The maximum absolute atomic E-state index is 12.4. The van der Waals surface area contributed by atoms with Crippen LogP contribution in [0.15, 0.2) is 36.4 Å². The Morgan fingerprint density at radius 2 is 1.42 bits per heavy atom. The smallest absolute Gasteiger partial charge is 0.337 e. The van der Waals surface area contributed by atoms with Crippen molar-refractivity contribution in [3.05, 3.63) is 58.7 Å². The van der Waals surface area contributed by atoms with Crippen LogP contribution in [-0.4, -0.2) is 63.7 Å². The molecule has 0 spiro atoms. The summed E-state index contributed by atoms with van der Waals surface area (Å²) in [5, 5.41) is 2.70. The van der Waals surface area contributed by atoms with Crippen LogP contribution in [0.25, 0.3) is 0 Å². The van der Waals surface area contributed by atoms with E-state index in [4.69, 9.17) is 14.2 Å². The largest absolute Gasteiger partial charge is 0.492 e. The van der Waals surface area contributed by atoms with Crippen LogP contribution in [0.5, 0.6) is 5.75 Å². The number of nitrogens with zero attached hydrogens (tertiary/aromatic N) is 1. The molecule has 31 heavy (non-hydrogen) atoms. The number of hydrogen-bond acceptors (Lipinski definition) is 7. The molecule has 0 unspecified atom stereocenters. The number of anilines is 1. The van der Waals surface area contributed by atoms with E-state index < -0.39 is 11.9 Å². The van der Waals surface area contributed by atoms with Gasteiger partial charge < -0.3 is 19.5 Å². The third-order valence-electron chi connectivity index (χ3n) is 4.41. The quantitative estimate of drug-likeness (QED) is 0.614. The Kier molecular flexibility index (Phi) is 8.57. The first-order chi connectivity index (χ1) is 14.7. The fourth-order valence-electron chi connectivity index (χ4n) is 3.03. The Morgan fingerprint density at radius 3 is 1.94 bits per heavy atom. The van der Waals surface area contributed by atoms with Gasteiger partial charge in [0, 0.05) is 12.2 Å². The van der Waals surface area contributed by atoms with Crippen molar-refractivity contribution in [3.8, 4) is 5.75 Å². The molecular formula is C23H28N2O6. The summed E-state index contributed by atoms with van der Waals surface area (Å²) in [5.41, 5.74) is 2.83. The highest BCUT2D eigenvalue weighted by atomic mass is 16.5. The second-order valence-electron chi connectivity index (χ2n) is 7.24. The molecule has 8 nitrogen and oxygen atoms in total. The Hall–Kier alpha value is -3.39. The summed E-state index contributed by atoms with van der Waals surface area (Å²) in [4.78, 5) is 38.0. The van der Waals surface area contributed by atoms with Crippen LogP contribution in [0.3, 0.4) is 0 Å². The third kappa shape index (κ3) is 7.42. The van der Waals surface area contributed by atoms with Crippen molar-refractivity contribution >= 4 is 23.5 Å². The number of amides is 1. The minimum atomic E-state index is -0.623. The lowest BCUT2D eigenvalue weighted by Crippen LogP contribution is -2.33. The van der Waals surface area contributed by atoms with Gasteiger partial charge in [0.05, 0.1) is 31.9 Å². The summed E-state index contributed by atoms with van der Waals surface area (Å²) in [7, 11) is 4.27. The van der Waals surface area contributed by atoms with Gasteiger partial charge in [-0.05, 0) is 62.4 Å². The summed E-state index contributed by atoms with van der Waals surface area (Å²) < 4.78 is 15.2. The number of ether oxygens (including phenoxy) is 3. The molecule has 0 aromatic heterocycles. The van der Waals surface area contributed by atoms with Gasteiger partial charge in [0.1, 0.15) is 12.4 Å². The Balaban J connectivity index is 1.94. The summed E-state index contributed by atoms with van der Waals surface area (Å²) in [6.07, 6.45) is 0. The van der Waals surface area contributed by atoms with Gasteiger partial charge in [0.15, 0.2) is 0 Å². The number of esters is 2. The van der Waals surface area contributed by atoms with Crippen molar-refractivity contribution in [2.24, 2.45) is 0 Å². The first-order valence-electron chi connectivity index (χ1n) is 9.73. The fourth-order valence-corrected chi connectivity index (χ4v) is 3.03. The lowest BCUT2D eigenvalue weighted by Gasteiger charge is -2.17. The topological polar surface area (TPSA) is 94.2 Å². The van der Waals surface area contributed by atoms with E-state index in [2.05, 4.69) is 11.4 Å². The number of hydrogen-bond donors (Lipinski definition) is 1. The van der Waals surface area contributed by atoms with Crippen LogP contribution < -0.4 is 10.1 Å². The molecule has 0 radical (unpaired) electrons. The number of nitrogens with one attached hydrogen (secondary N) is 1. The first-order valence-corrected chi connectivity index (χ1v) is 9.73. The summed E-state index contributed by atoms with van der Waals surface area (Å²) in [6, 6.07) is 10.2. The second-order valence-corrected chi connectivity index (χ2v) is 7.24. The zero-order valence-corrected chi connectivity index (χ0v) is 18.5. The molecule has 8 heteroatoms. The van der Waals surface area contributed by atoms with E-state index >= 15 is 0 Å². The molecule has 1 N–H and O–H groups in total. The summed E-state index contributed by atoms with van der Waals surface area (Å²) in [5.74, 6) is -0.749. The van der Waals surface area contributed by atoms with E-state index in [1.807, 2.05) is 30.9 Å². The van der Waals surface area contributed by atoms with Gasteiger partial charge in [-0.15, -0.1) is 0 Å². The lowest BCUT2D eigenvalue weighted by atomic mass is 10.1. The van der Waals surface area contributed by atoms with Gasteiger partial charge in [-0.2, -0.15) is 0 Å². The monoisotopic (exact) mass is 428 g/mol. The number of carbonyl (C=O) groups is 3. The molecule has 0 aliphatic rings. The molecule has 0 aliphatic carbocycles. The number of aryl methyl sites for hydroxylation is 2. The van der Waals surface area contributed by atoms with Crippen molar-refractivity contribution in [1.82, 2.24) is 4.90 Å². The number of methoxy groups -OCH3 is 2. The highest BCUT2D eigenvalue weighted by Gasteiger charge is 2.15. The van der Waals surface area contributed by atoms with Gasteiger partial charge in [0.2, 0.25) is 5.91 Å². The summed E-state index contributed by atoms with van der Waals surface area (Å²) in [6.45, 7) is 5.09. The van der Waals surface area contributed by atoms with Crippen molar-refractivity contribution in [3.63, 3.8) is 0 Å². The van der Waals surface area contributed by atoms with E-state index in [-0.39, 0.29) is 23.6 Å². The van der Waals surface area contributed by atoms with Crippen LogP contribution in [-0.2, 0) is 14.3 Å². The molecule has 1 amide bonds.